The van der Waals surface area contributed by atoms with E-state index in [1.165, 1.54) is 43.2 Å². The monoisotopic (exact) mass is 394 g/mol. The van der Waals surface area contributed by atoms with E-state index < -0.39 is 0 Å². The van der Waals surface area contributed by atoms with Gasteiger partial charge in [0.05, 0.1) is 0 Å². The number of aromatic hydroxyl groups is 1. The van der Waals surface area contributed by atoms with Crippen molar-refractivity contribution in [2.75, 3.05) is 20.1 Å². The second-order valence-electron chi connectivity index (χ2n) is 8.71. The molecule has 0 amide bonds. The fourth-order valence-corrected chi connectivity index (χ4v) is 4.74. The zero-order chi connectivity index (χ0) is 20.5. The van der Waals surface area contributed by atoms with Crippen LogP contribution in [0.1, 0.15) is 63.0 Å². The molecule has 0 saturated heterocycles. The van der Waals surface area contributed by atoms with Crippen molar-refractivity contribution < 1.29 is 5.11 Å². The van der Waals surface area contributed by atoms with Crippen LogP contribution in [0.15, 0.2) is 54.6 Å². The van der Waals surface area contributed by atoms with Crippen molar-refractivity contribution in [1.82, 2.24) is 10.2 Å². The minimum absolute atomic E-state index is 0.00323. The highest BCUT2D eigenvalue weighted by Crippen LogP contribution is 2.39. The smallest absolute Gasteiger partial charge is 0.115 e. The first-order valence-corrected chi connectivity index (χ1v) is 11.4. The molecule has 1 aliphatic carbocycles. The molecule has 3 rings (SSSR count). The van der Waals surface area contributed by atoms with Gasteiger partial charge in [-0.3, -0.25) is 0 Å². The van der Waals surface area contributed by atoms with Gasteiger partial charge in [0.1, 0.15) is 5.75 Å². The van der Waals surface area contributed by atoms with E-state index in [9.17, 15) is 5.11 Å². The summed E-state index contributed by atoms with van der Waals surface area (Å²) in [5.41, 5.74) is 2.67. The predicted octanol–water partition coefficient (Wildman–Crippen LogP) is 5.48. The van der Waals surface area contributed by atoms with E-state index in [1.807, 2.05) is 12.1 Å². The summed E-state index contributed by atoms with van der Waals surface area (Å²) >= 11 is 0. The molecule has 0 bridgehead atoms. The maximum Gasteiger partial charge on any atom is 0.115 e. The second kappa shape index (κ2) is 10.8. The maximum absolute atomic E-state index is 10.1. The lowest BCUT2D eigenvalue weighted by molar-refractivity contribution is 0.129. The number of benzene rings is 2. The van der Waals surface area contributed by atoms with Gasteiger partial charge in [0.25, 0.3) is 0 Å². The fraction of sp³-hybridized carbons (Fsp3) is 0.538. The predicted molar refractivity (Wildman–Crippen MR) is 122 cm³/mol. The molecule has 0 unspecified atom stereocenters. The average molecular weight is 395 g/mol. The van der Waals surface area contributed by atoms with Gasteiger partial charge in [0.2, 0.25) is 0 Å². The van der Waals surface area contributed by atoms with Gasteiger partial charge in [-0.2, -0.15) is 0 Å². The van der Waals surface area contributed by atoms with E-state index in [0.717, 1.165) is 32.4 Å². The van der Waals surface area contributed by atoms with Gasteiger partial charge in [0, 0.05) is 18.1 Å². The number of rotatable bonds is 10. The van der Waals surface area contributed by atoms with Crippen LogP contribution >= 0.6 is 0 Å². The SMILES string of the molecule is CCCCCNC1(c2cccc(O)c2)CCC(N(C)CCc2ccccc2)CC1. The average Bonchev–Trinajstić information content (AvgIpc) is 2.76. The van der Waals surface area contributed by atoms with Crippen LogP contribution in [0, 0.1) is 0 Å². The van der Waals surface area contributed by atoms with Crippen LogP contribution in [-0.4, -0.2) is 36.2 Å². The van der Waals surface area contributed by atoms with Gasteiger partial charge >= 0.3 is 0 Å². The minimum Gasteiger partial charge on any atom is -0.508 e. The Kier molecular flexibility index (Phi) is 8.14. The summed E-state index contributed by atoms with van der Waals surface area (Å²) in [5.74, 6) is 0.374. The summed E-state index contributed by atoms with van der Waals surface area (Å²) in [4.78, 5) is 2.55. The Morgan fingerprint density at radius 3 is 2.48 bits per heavy atom. The van der Waals surface area contributed by atoms with Crippen LogP contribution in [0.4, 0.5) is 0 Å². The lowest BCUT2D eigenvalue weighted by atomic mass is 9.74. The molecule has 0 aromatic heterocycles. The van der Waals surface area contributed by atoms with Gasteiger partial charge in [-0.25, -0.2) is 0 Å². The van der Waals surface area contributed by atoms with E-state index in [2.05, 4.69) is 60.6 Å². The van der Waals surface area contributed by atoms with E-state index in [4.69, 9.17) is 0 Å². The molecule has 0 spiro atoms. The molecule has 0 atom stereocenters. The lowest BCUT2D eigenvalue weighted by Crippen LogP contribution is -2.49. The molecule has 2 aromatic rings. The van der Waals surface area contributed by atoms with Crippen LogP contribution in [0.25, 0.3) is 0 Å². The third kappa shape index (κ3) is 6.07. The van der Waals surface area contributed by atoms with E-state index in [0.29, 0.717) is 11.8 Å². The first kappa shape index (κ1) is 21.9. The van der Waals surface area contributed by atoms with Crippen LogP contribution in [-0.2, 0) is 12.0 Å². The second-order valence-corrected chi connectivity index (χ2v) is 8.71. The Hall–Kier alpha value is -1.84. The highest BCUT2D eigenvalue weighted by molar-refractivity contribution is 5.33. The van der Waals surface area contributed by atoms with Crippen molar-refractivity contribution in [1.29, 1.82) is 0 Å². The first-order valence-electron chi connectivity index (χ1n) is 11.4. The maximum atomic E-state index is 10.1. The van der Waals surface area contributed by atoms with E-state index in [-0.39, 0.29) is 5.54 Å². The van der Waals surface area contributed by atoms with Crippen molar-refractivity contribution in [3.63, 3.8) is 0 Å². The molecular weight excluding hydrogens is 356 g/mol. The van der Waals surface area contributed by atoms with Gasteiger partial charge < -0.3 is 15.3 Å². The Morgan fingerprint density at radius 2 is 1.79 bits per heavy atom. The summed E-state index contributed by atoms with van der Waals surface area (Å²) < 4.78 is 0. The lowest BCUT2D eigenvalue weighted by Gasteiger charge is -2.44. The van der Waals surface area contributed by atoms with Crippen molar-refractivity contribution in [3.05, 3.63) is 65.7 Å². The van der Waals surface area contributed by atoms with Gasteiger partial charge in [0.15, 0.2) is 0 Å². The van der Waals surface area contributed by atoms with Gasteiger partial charge in [-0.1, -0.05) is 62.2 Å². The Balaban J connectivity index is 1.60. The largest absolute Gasteiger partial charge is 0.508 e. The molecule has 29 heavy (non-hydrogen) atoms. The molecule has 0 heterocycles. The normalized spacial score (nSPS) is 22.1. The highest BCUT2D eigenvalue weighted by atomic mass is 16.3. The molecule has 2 aromatic carbocycles. The molecular formula is C26H38N2O. The summed E-state index contributed by atoms with van der Waals surface area (Å²) in [6.07, 6.45) is 9.50. The fourth-order valence-electron chi connectivity index (χ4n) is 4.74. The molecule has 1 fully saturated rings. The number of likely N-dealkylation sites (N-methyl/N-ethyl adjacent to an activating group) is 1. The van der Waals surface area contributed by atoms with Gasteiger partial charge in [-0.05, 0) is 75.4 Å². The third-order valence-electron chi connectivity index (χ3n) is 6.67. The van der Waals surface area contributed by atoms with Crippen molar-refractivity contribution in [2.45, 2.75) is 69.9 Å². The summed E-state index contributed by atoms with van der Waals surface area (Å²) in [5, 5.41) is 14.0. The quantitative estimate of drug-likeness (QED) is 0.524. The topological polar surface area (TPSA) is 35.5 Å². The number of hydrogen-bond donors (Lipinski definition) is 2. The Labute approximate surface area is 177 Å². The molecule has 1 saturated carbocycles. The van der Waals surface area contributed by atoms with Crippen molar-refractivity contribution >= 4 is 0 Å². The molecule has 0 radical (unpaired) electrons. The number of nitrogens with zero attached hydrogens (tertiary/aromatic N) is 1. The molecule has 2 N–H and O–H groups in total. The van der Waals surface area contributed by atoms with Crippen LogP contribution in [0.3, 0.4) is 0 Å². The van der Waals surface area contributed by atoms with Crippen LogP contribution in [0.2, 0.25) is 0 Å². The summed E-state index contributed by atoms with van der Waals surface area (Å²) in [6.45, 7) is 4.41. The van der Waals surface area contributed by atoms with E-state index >= 15 is 0 Å². The Bertz CT molecular complexity index is 722. The van der Waals surface area contributed by atoms with Crippen molar-refractivity contribution in [3.8, 4) is 5.75 Å². The first-order chi connectivity index (χ1) is 14.1. The standard InChI is InChI=1S/C26H38N2O/c1-3-4-8-19-27-26(23-12-9-13-25(29)21-23)17-14-24(15-18-26)28(2)20-16-22-10-6-5-7-11-22/h5-7,9-13,21,24,27,29H,3-4,8,14-20H2,1-2H3. The number of phenols is 1. The molecule has 158 valence electrons. The minimum atomic E-state index is 0.00323. The number of hydrogen-bond acceptors (Lipinski definition) is 3. The third-order valence-corrected chi connectivity index (χ3v) is 6.67. The molecule has 0 aliphatic heterocycles. The number of unbranched alkanes of at least 4 members (excludes halogenated alkanes) is 2. The summed E-state index contributed by atoms with van der Waals surface area (Å²) in [6, 6.07) is 19.3. The Morgan fingerprint density at radius 1 is 1.03 bits per heavy atom. The van der Waals surface area contributed by atoms with Gasteiger partial charge in [-0.15, -0.1) is 0 Å². The van der Waals surface area contributed by atoms with Crippen LogP contribution in [0.5, 0.6) is 5.75 Å². The highest BCUT2D eigenvalue weighted by Gasteiger charge is 2.37. The molecule has 3 nitrogen and oxygen atoms in total. The molecule has 3 heteroatoms. The zero-order valence-electron chi connectivity index (χ0n) is 18.2. The summed E-state index contributed by atoms with van der Waals surface area (Å²) in [7, 11) is 2.28. The number of nitrogens with one attached hydrogen (secondary N) is 1. The van der Waals surface area contributed by atoms with Crippen molar-refractivity contribution in [2.24, 2.45) is 0 Å². The molecule has 1 aliphatic rings. The van der Waals surface area contributed by atoms with E-state index in [1.54, 1.807) is 6.07 Å². The number of phenolic OH excluding ortho intramolecular Hbond substituents is 1. The zero-order valence-corrected chi connectivity index (χ0v) is 18.2. The van der Waals surface area contributed by atoms with Crippen LogP contribution < -0.4 is 5.32 Å².